The standard InChI is InChI=1S/C27H25N3O/c1-20(31)24-11-5-6-12-25(24)26-19-30(27-28-17-7-8-18-29(26)27)23-15-13-22(14-16-23)21-9-3-2-4-10-21/h2-6,9-16,19H,7-8,17-18H2,1H3/p+1. The Kier molecular flexibility index (Phi) is 5.13. The number of Topliss-reactive ketones (excluding diaryl/α,β-unsaturated/α-hetero) is 1. The van der Waals surface area contributed by atoms with Crippen LogP contribution in [0.2, 0.25) is 0 Å². The van der Waals surface area contributed by atoms with E-state index in [1.54, 1.807) is 6.92 Å². The maximum Gasteiger partial charge on any atom is 0.362 e. The fourth-order valence-electron chi connectivity index (χ4n) is 4.37. The summed E-state index contributed by atoms with van der Waals surface area (Å²) in [5.41, 5.74) is 6.33. The first-order valence-electron chi connectivity index (χ1n) is 10.9. The van der Waals surface area contributed by atoms with Crippen LogP contribution >= 0.6 is 0 Å². The van der Waals surface area contributed by atoms with E-state index in [2.05, 4.69) is 69.2 Å². The molecular formula is C27H26N3O+. The van der Waals surface area contributed by atoms with Gasteiger partial charge in [0.05, 0.1) is 13.1 Å². The van der Waals surface area contributed by atoms with Gasteiger partial charge in [-0.2, -0.15) is 0 Å². The number of rotatable bonds is 4. The summed E-state index contributed by atoms with van der Waals surface area (Å²) in [6, 6.07) is 27.0. The van der Waals surface area contributed by atoms with Gasteiger partial charge in [-0.05, 0) is 43.0 Å². The highest BCUT2D eigenvalue weighted by molar-refractivity contribution is 6.00. The Hall–Kier alpha value is -3.66. The molecule has 1 aliphatic rings. The van der Waals surface area contributed by atoms with Gasteiger partial charge in [0.1, 0.15) is 17.6 Å². The number of fused-ring (bicyclic) bond motifs is 1. The number of nitrogens with one attached hydrogen (secondary N) is 1. The van der Waals surface area contributed by atoms with Crippen LogP contribution in [-0.4, -0.2) is 16.9 Å². The number of carbonyl (C=O) groups is 1. The molecule has 3 aromatic carbocycles. The Labute approximate surface area is 182 Å². The van der Waals surface area contributed by atoms with E-state index >= 15 is 0 Å². The molecule has 2 heterocycles. The zero-order valence-corrected chi connectivity index (χ0v) is 17.7. The monoisotopic (exact) mass is 408 g/mol. The summed E-state index contributed by atoms with van der Waals surface area (Å²) in [6.07, 6.45) is 4.40. The highest BCUT2D eigenvalue weighted by atomic mass is 16.1. The van der Waals surface area contributed by atoms with E-state index in [9.17, 15) is 4.79 Å². The predicted octanol–water partition coefficient (Wildman–Crippen LogP) is 5.51. The van der Waals surface area contributed by atoms with Crippen LogP contribution in [0.5, 0.6) is 0 Å². The van der Waals surface area contributed by atoms with Crippen LogP contribution < -0.4 is 9.88 Å². The number of hydrogen-bond acceptors (Lipinski definition) is 2. The molecule has 0 saturated heterocycles. The van der Waals surface area contributed by atoms with Crippen molar-refractivity contribution < 1.29 is 9.36 Å². The molecule has 0 atom stereocenters. The third-order valence-electron chi connectivity index (χ3n) is 5.95. The molecule has 0 aliphatic carbocycles. The van der Waals surface area contributed by atoms with Crippen LogP contribution in [0.15, 0.2) is 85.1 Å². The van der Waals surface area contributed by atoms with Crippen LogP contribution in [0.25, 0.3) is 28.1 Å². The first-order valence-corrected chi connectivity index (χ1v) is 10.9. The predicted molar refractivity (Wildman–Crippen MR) is 125 cm³/mol. The Morgan fingerprint density at radius 2 is 1.58 bits per heavy atom. The minimum absolute atomic E-state index is 0.0893. The highest BCUT2D eigenvalue weighted by Crippen LogP contribution is 2.28. The Bertz CT molecular complexity index is 1220. The first kappa shape index (κ1) is 19.3. The maximum absolute atomic E-state index is 12.3. The van der Waals surface area contributed by atoms with Crippen molar-refractivity contribution in [3.05, 3.63) is 90.6 Å². The van der Waals surface area contributed by atoms with Crippen molar-refractivity contribution >= 4 is 11.7 Å². The van der Waals surface area contributed by atoms with E-state index in [1.165, 1.54) is 11.1 Å². The van der Waals surface area contributed by atoms with Crippen LogP contribution in [0.4, 0.5) is 5.95 Å². The van der Waals surface area contributed by atoms with Crippen LogP contribution in [0.3, 0.4) is 0 Å². The lowest BCUT2D eigenvalue weighted by Crippen LogP contribution is -2.36. The normalized spacial score (nSPS) is 13.2. The van der Waals surface area contributed by atoms with Crippen molar-refractivity contribution in [3.8, 4) is 28.1 Å². The molecule has 0 fully saturated rings. The number of ketones is 1. The van der Waals surface area contributed by atoms with Gasteiger partial charge in [0.15, 0.2) is 5.78 Å². The second kappa shape index (κ2) is 8.23. The van der Waals surface area contributed by atoms with Gasteiger partial charge in [-0.15, -0.1) is 0 Å². The van der Waals surface area contributed by atoms with Gasteiger partial charge in [-0.3, -0.25) is 10.1 Å². The number of aromatic nitrogens is 2. The van der Waals surface area contributed by atoms with Gasteiger partial charge < -0.3 is 0 Å². The van der Waals surface area contributed by atoms with E-state index in [0.717, 1.165) is 54.4 Å². The molecule has 0 bridgehead atoms. The van der Waals surface area contributed by atoms with Crippen molar-refractivity contribution in [2.24, 2.45) is 0 Å². The van der Waals surface area contributed by atoms with E-state index < -0.39 is 0 Å². The molecule has 1 N–H and O–H groups in total. The van der Waals surface area contributed by atoms with Crippen LogP contribution in [0, 0.1) is 0 Å². The molecular weight excluding hydrogens is 382 g/mol. The zero-order valence-electron chi connectivity index (χ0n) is 17.7. The molecule has 5 rings (SSSR count). The van der Waals surface area contributed by atoms with E-state index in [4.69, 9.17) is 0 Å². The summed E-state index contributed by atoms with van der Waals surface area (Å²) in [5.74, 6) is 1.16. The SMILES string of the molecule is CC(=O)c1ccccc1-c1cn(-c2ccc(-c3ccccc3)cc2)c2[n+]1CCCCN2. The molecule has 4 aromatic rings. The quantitative estimate of drug-likeness (QED) is 0.357. The van der Waals surface area contributed by atoms with E-state index in [-0.39, 0.29) is 5.78 Å². The van der Waals surface area contributed by atoms with Crippen molar-refractivity contribution in [3.63, 3.8) is 0 Å². The summed E-state index contributed by atoms with van der Waals surface area (Å²) < 4.78 is 4.53. The first-order chi connectivity index (χ1) is 15.2. The molecule has 31 heavy (non-hydrogen) atoms. The lowest BCUT2D eigenvalue weighted by molar-refractivity contribution is -0.670. The molecule has 1 aromatic heterocycles. The van der Waals surface area contributed by atoms with Gasteiger partial charge in [0.2, 0.25) is 0 Å². The molecule has 0 radical (unpaired) electrons. The molecule has 1 aliphatic heterocycles. The summed E-state index contributed by atoms with van der Waals surface area (Å²) in [5, 5.41) is 3.62. The van der Waals surface area contributed by atoms with Crippen molar-refractivity contribution in [2.75, 3.05) is 11.9 Å². The number of carbonyl (C=O) groups excluding carboxylic acids is 1. The van der Waals surface area contributed by atoms with Gasteiger partial charge >= 0.3 is 5.95 Å². The average molecular weight is 409 g/mol. The summed E-state index contributed by atoms with van der Waals surface area (Å²) in [7, 11) is 0. The van der Waals surface area contributed by atoms with Gasteiger partial charge in [-0.1, -0.05) is 66.7 Å². The Morgan fingerprint density at radius 3 is 2.35 bits per heavy atom. The summed E-state index contributed by atoms with van der Waals surface area (Å²) in [4.78, 5) is 12.3. The molecule has 0 amide bonds. The van der Waals surface area contributed by atoms with E-state index in [0.29, 0.717) is 0 Å². The number of imidazole rings is 1. The fraction of sp³-hybridized carbons (Fsp3) is 0.185. The lowest BCUT2D eigenvalue weighted by atomic mass is 10.0. The smallest absolute Gasteiger partial charge is 0.294 e. The van der Waals surface area contributed by atoms with Gasteiger partial charge in [0, 0.05) is 11.1 Å². The van der Waals surface area contributed by atoms with Crippen molar-refractivity contribution in [1.82, 2.24) is 4.57 Å². The Morgan fingerprint density at radius 1 is 0.871 bits per heavy atom. The van der Waals surface area contributed by atoms with Crippen molar-refractivity contribution in [2.45, 2.75) is 26.3 Å². The fourth-order valence-corrected chi connectivity index (χ4v) is 4.37. The van der Waals surface area contributed by atoms with Crippen LogP contribution in [-0.2, 0) is 6.54 Å². The number of hydrogen-bond donors (Lipinski definition) is 1. The van der Waals surface area contributed by atoms with E-state index in [1.807, 2.05) is 30.3 Å². The molecule has 4 nitrogen and oxygen atoms in total. The Balaban J connectivity index is 1.63. The maximum atomic E-state index is 12.3. The third kappa shape index (κ3) is 3.66. The average Bonchev–Trinajstić information content (AvgIpc) is 3.00. The molecule has 0 unspecified atom stereocenters. The zero-order chi connectivity index (χ0) is 21.2. The number of anilines is 1. The summed E-state index contributed by atoms with van der Waals surface area (Å²) >= 11 is 0. The lowest BCUT2D eigenvalue weighted by Gasteiger charge is -2.07. The second-order valence-corrected chi connectivity index (χ2v) is 8.01. The topological polar surface area (TPSA) is 37.9 Å². The number of nitrogens with zero attached hydrogens (tertiary/aromatic N) is 2. The molecule has 0 saturated carbocycles. The van der Waals surface area contributed by atoms with Crippen LogP contribution in [0.1, 0.15) is 30.1 Å². The van der Waals surface area contributed by atoms with Gasteiger partial charge in [-0.25, -0.2) is 9.13 Å². The summed E-state index contributed by atoms with van der Waals surface area (Å²) in [6.45, 7) is 3.51. The van der Waals surface area contributed by atoms with Gasteiger partial charge in [0.25, 0.3) is 0 Å². The highest BCUT2D eigenvalue weighted by Gasteiger charge is 2.27. The minimum Gasteiger partial charge on any atom is -0.294 e. The second-order valence-electron chi connectivity index (χ2n) is 8.01. The van der Waals surface area contributed by atoms with Crippen molar-refractivity contribution in [1.29, 1.82) is 0 Å². The molecule has 0 spiro atoms. The molecule has 154 valence electrons. The third-order valence-corrected chi connectivity index (χ3v) is 5.95. The minimum atomic E-state index is 0.0893. The molecule has 4 heteroatoms. The largest absolute Gasteiger partial charge is 0.362 e. The number of benzene rings is 3.